The van der Waals surface area contributed by atoms with Crippen molar-refractivity contribution in [1.29, 1.82) is 0 Å². The molecule has 106 valence electrons. The van der Waals surface area contributed by atoms with E-state index in [-0.39, 0.29) is 10.7 Å². The lowest BCUT2D eigenvalue weighted by Crippen LogP contribution is -2.54. The molecule has 0 amide bonds. The predicted molar refractivity (Wildman–Crippen MR) is 80.3 cm³/mol. The molecule has 0 saturated heterocycles. The Balaban J connectivity index is 2.69. The summed E-state index contributed by atoms with van der Waals surface area (Å²) in [6, 6.07) is 3.59. The van der Waals surface area contributed by atoms with Gasteiger partial charge in [0, 0.05) is 12.4 Å². The van der Waals surface area contributed by atoms with Crippen LogP contribution in [0.15, 0.2) is 24.5 Å². The minimum atomic E-state index is -3.43. The molecule has 1 unspecified atom stereocenters. The van der Waals surface area contributed by atoms with Gasteiger partial charge in [-0.2, -0.15) is 0 Å². The molecular formula is C12H19N3O2S2. The molecule has 0 aliphatic heterocycles. The maximum absolute atomic E-state index is 12.0. The molecule has 0 fully saturated rings. The SMILES string of the molecule is CCC(C)(NS(=O)(=O)CCc1ccncc1)C(N)=S. The topological polar surface area (TPSA) is 85.1 Å². The second kappa shape index (κ2) is 6.40. The van der Waals surface area contributed by atoms with E-state index in [0.29, 0.717) is 12.8 Å². The summed E-state index contributed by atoms with van der Waals surface area (Å²) in [6.07, 6.45) is 4.22. The highest BCUT2D eigenvalue weighted by atomic mass is 32.2. The average molecular weight is 301 g/mol. The van der Waals surface area contributed by atoms with Crippen molar-refractivity contribution in [2.45, 2.75) is 32.2 Å². The molecule has 1 aromatic rings. The fourth-order valence-electron chi connectivity index (χ4n) is 1.49. The normalized spacial score (nSPS) is 14.8. The molecule has 0 saturated carbocycles. The van der Waals surface area contributed by atoms with Gasteiger partial charge >= 0.3 is 0 Å². The second-order valence-electron chi connectivity index (χ2n) is 4.58. The summed E-state index contributed by atoms with van der Waals surface area (Å²) in [5.41, 5.74) is 5.65. The summed E-state index contributed by atoms with van der Waals surface area (Å²) in [6.45, 7) is 3.53. The Bertz CT molecular complexity index is 531. The number of nitrogens with two attached hydrogens (primary N) is 1. The zero-order valence-electron chi connectivity index (χ0n) is 11.1. The van der Waals surface area contributed by atoms with Gasteiger partial charge in [-0.1, -0.05) is 19.1 Å². The maximum Gasteiger partial charge on any atom is 0.212 e. The quantitative estimate of drug-likeness (QED) is 0.734. The summed E-state index contributed by atoms with van der Waals surface area (Å²) in [5.74, 6) is -0.00475. The largest absolute Gasteiger partial charge is 0.392 e. The molecule has 1 heterocycles. The first-order valence-corrected chi connectivity index (χ1v) is 8.05. The number of rotatable bonds is 7. The lowest BCUT2D eigenvalue weighted by atomic mass is 10.0. The molecule has 3 N–H and O–H groups in total. The monoisotopic (exact) mass is 301 g/mol. The predicted octanol–water partition coefficient (Wildman–Crippen LogP) is 0.998. The first-order chi connectivity index (χ1) is 8.79. The van der Waals surface area contributed by atoms with E-state index >= 15 is 0 Å². The minimum absolute atomic E-state index is 0.00475. The molecule has 1 aromatic heterocycles. The summed E-state index contributed by atoms with van der Waals surface area (Å²) >= 11 is 4.92. The highest BCUT2D eigenvalue weighted by Crippen LogP contribution is 2.12. The van der Waals surface area contributed by atoms with Gasteiger partial charge in [-0.3, -0.25) is 4.98 Å². The Kier molecular flexibility index (Phi) is 5.39. The third-order valence-electron chi connectivity index (χ3n) is 3.04. The number of nitrogens with zero attached hydrogens (tertiary/aromatic N) is 1. The third-order valence-corrected chi connectivity index (χ3v) is 4.99. The van der Waals surface area contributed by atoms with Gasteiger partial charge in [0.05, 0.1) is 16.3 Å². The lowest BCUT2D eigenvalue weighted by molar-refractivity contribution is 0.511. The van der Waals surface area contributed by atoms with Crippen LogP contribution < -0.4 is 10.5 Å². The van der Waals surface area contributed by atoms with Gasteiger partial charge in [0.1, 0.15) is 0 Å². The van der Waals surface area contributed by atoms with Gasteiger partial charge in [-0.15, -0.1) is 0 Å². The van der Waals surface area contributed by atoms with Crippen molar-refractivity contribution in [2.75, 3.05) is 5.75 Å². The summed E-state index contributed by atoms with van der Waals surface area (Å²) in [7, 11) is -3.43. The first kappa shape index (κ1) is 16.0. The Labute approximate surface area is 119 Å². The zero-order chi connectivity index (χ0) is 14.5. The van der Waals surface area contributed by atoms with Crippen molar-refractivity contribution in [3.63, 3.8) is 0 Å². The van der Waals surface area contributed by atoms with E-state index in [1.807, 2.05) is 6.92 Å². The van der Waals surface area contributed by atoms with Gasteiger partial charge in [0.2, 0.25) is 10.0 Å². The number of hydrogen-bond acceptors (Lipinski definition) is 4. The number of nitrogens with one attached hydrogen (secondary N) is 1. The number of sulfonamides is 1. The van der Waals surface area contributed by atoms with Crippen LogP contribution in [-0.2, 0) is 16.4 Å². The number of hydrogen-bond donors (Lipinski definition) is 2. The van der Waals surface area contributed by atoms with Crippen molar-refractivity contribution in [3.05, 3.63) is 30.1 Å². The van der Waals surface area contributed by atoms with Gasteiger partial charge in [-0.05, 0) is 37.5 Å². The van der Waals surface area contributed by atoms with Crippen LogP contribution in [0, 0.1) is 0 Å². The van der Waals surface area contributed by atoms with Crippen molar-refractivity contribution in [1.82, 2.24) is 9.71 Å². The van der Waals surface area contributed by atoms with Crippen LogP contribution in [0.25, 0.3) is 0 Å². The van der Waals surface area contributed by atoms with Crippen molar-refractivity contribution >= 4 is 27.2 Å². The molecule has 0 aliphatic rings. The Morgan fingerprint density at radius 3 is 2.53 bits per heavy atom. The van der Waals surface area contributed by atoms with Crippen LogP contribution in [0.5, 0.6) is 0 Å². The molecule has 1 rings (SSSR count). The molecule has 0 spiro atoms. The summed E-state index contributed by atoms with van der Waals surface area (Å²) < 4.78 is 26.7. The molecule has 1 atom stereocenters. The minimum Gasteiger partial charge on any atom is -0.392 e. The van der Waals surface area contributed by atoms with Crippen LogP contribution in [-0.4, -0.2) is 29.7 Å². The van der Waals surface area contributed by atoms with Crippen LogP contribution >= 0.6 is 12.2 Å². The van der Waals surface area contributed by atoms with Crippen molar-refractivity contribution < 1.29 is 8.42 Å². The van der Waals surface area contributed by atoms with Crippen LogP contribution in [0.2, 0.25) is 0 Å². The number of aryl methyl sites for hydroxylation is 1. The first-order valence-electron chi connectivity index (χ1n) is 5.99. The number of thiocarbonyl (C=S) groups is 1. The van der Waals surface area contributed by atoms with E-state index in [9.17, 15) is 8.42 Å². The lowest BCUT2D eigenvalue weighted by Gasteiger charge is -2.27. The molecule has 0 aromatic carbocycles. The molecule has 5 nitrogen and oxygen atoms in total. The zero-order valence-corrected chi connectivity index (χ0v) is 12.7. The van der Waals surface area contributed by atoms with Gasteiger partial charge < -0.3 is 5.73 Å². The molecule has 0 aliphatic carbocycles. The van der Waals surface area contributed by atoms with E-state index in [2.05, 4.69) is 9.71 Å². The smallest absolute Gasteiger partial charge is 0.212 e. The molecule has 0 radical (unpaired) electrons. The van der Waals surface area contributed by atoms with Crippen LogP contribution in [0.3, 0.4) is 0 Å². The molecule has 7 heteroatoms. The number of aromatic nitrogens is 1. The van der Waals surface area contributed by atoms with E-state index in [1.54, 1.807) is 31.5 Å². The molecule has 19 heavy (non-hydrogen) atoms. The van der Waals surface area contributed by atoms with E-state index < -0.39 is 15.6 Å². The van der Waals surface area contributed by atoms with Crippen molar-refractivity contribution in [3.8, 4) is 0 Å². The fourth-order valence-corrected chi connectivity index (χ4v) is 3.30. The average Bonchev–Trinajstić information content (AvgIpc) is 2.37. The highest BCUT2D eigenvalue weighted by molar-refractivity contribution is 7.89. The Morgan fingerprint density at radius 2 is 2.05 bits per heavy atom. The van der Waals surface area contributed by atoms with E-state index in [0.717, 1.165) is 5.56 Å². The van der Waals surface area contributed by atoms with Gasteiger partial charge in [-0.25, -0.2) is 13.1 Å². The van der Waals surface area contributed by atoms with Crippen LogP contribution in [0.1, 0.15) is 25.8 Å². The van der Waals surface area contributed by atoms with E-state index in [4.69, 9.17) is 18.0 Å². The second-order valence-corrected chi connectivity index (χ2v) is 6.86. The summed E-state index contributed by atoms with van der Waals surface area (Å²) in [4.78, 5) is 4.04. The van der Waals surface area contributed by atoms with Gasteiger partial charge in [0.25, 0.3) is 0 Å². The van der Waals surface area contributed by atoms with Gasteiger partial charge in [0.15, 0.2) is 0 Å². The number of pyridine rings is 1. The highest BCUT2D eigenvalue weighted by Gasteiger charge is 2.30. The van der Waals surface area contributed by atoms with Crippen molar-refractivity contribution in [2.24, 2.45) is 5.73 Å². The Morgan fingerprint density at radius 1 is 1.47 bits per heavy atom. The fraction of sp³-hybridized carbons (Fsp3) is 0.500. The summed E-state index contributed by atoms with van der Waals surface area (Å²) in [5, 5.41) is 0. The molecular weight excluding hydrogens is 282 g/mol. The third kappa shape index (κ3) is 4.85. The standard InChI is InChI=1S/C12H19N3O2S2/c1-3-12(2,11(13)18)15-19(16,17)9-6-10-4-7-14-8-5-10/h4-5,7-8,15H,3,6,9H2,1-2H3,(H2,13,18). The van der Waals surface area contributed by atoms with E-state index in [1.165, 1.54) is 0 Å². The van der Waals surface area contributed by atoms with Crippen LogP contribution in [0.4, 0.5) is 0 Å². The molecule has 0 bridgehead atoms. The Hall–Kier alpha value is -1.05. The maximum atomic E-state index is 12.0.